The number of pyridine rings is 1. The van der Waals surface area contributed by atoms with Crippen LogP contribution < -0.4 is 5.32 Å². The van der Waals surface area contributed by atoms with Gasteiger partial charge in [0.2, 0.25) is 0 Å². The van der Waals surface area contributed by atoms with Gasteiger partial charge in [0.25, 0.3) is 0 Å². The lowest BCUT2D eigenvalue weighted by atomic mass is 10.2. The van der Waals surface area contributed by atoms with Gasteiger partial charge in [0.15, 0.2) is 5.82 Å². The van der Waals surface area contributed by atoms with Gasteiger partial charge in [0.1, 0.15) is 11.4 Å². The van der Waals surface area contributed by atoms with Crippen molar-refractivity contribution in [1.29, 1.82) is 0 Å². The van der Waals surface area contributed by atoms with Gasteiger partial charge in [-0.2, -0.15) is 0 Å². The topological polar surface area (TPSA) is 88.0 Å². The maximum Gasteiger partial charge on any atom is 0.341 e. The van der Waals surface area contributed by atoms with Crippen molar-refractivity contribution < 1.29 is 9.90 Å². The molecule has 0 spiro atoms. The number of rotatable bonds is 5. The average molecular weight is 306 g/mol. The third-order valence-electron chi connectivity index (χ3n) is 3.24. The summed E-state index contributed by atoms with van der Waals surface area (Å²) in [5.74, 6) is -0.354. The Morgan fingerprint density at radius 1 is 1.09 bits per heavy atom. The van der Waals surface area contributed by atoms with Crippen LogP contribution in [0.15, 0.2) is 61.1 Å². The van der Waals surface area contributed by atoms with Gasteiger partial charge in [-0.15, -0.1) is 0 Å². The molecule has 0 bridgehead atoms. The molecule has 23 heavy (non-hydrogen) atoms. The average Bonchev–Trinajstić information content (AvgIpc) is 2.61. The molecule has 0 atom stereocenters. The molecular formula is C17H14N4O2. The number of carbonyl (C=O) groups is 1. The van der Waals surface area contributed by atoms with E-state index in [0.29, 0.717) is 12.4 Å². The minimum atomic E-state index is -1.07. The summed E-state index contributed by atoms with van der Waals surface area (Å²) in [7, 11) is 0. The van der Waals surface area contributed by atoms with Gasteiger partial charge >= 0.3 is 5.97 Å². The predicted molar refractivity (Wildman–Crippen MR) is 86.0 cm³/mol. The Morgan fingerprint density at radius 3 is 2.61 bits per heavy atom. The first-order valence-electron chi connectivity index (χ1n) is 7.02. The lowest BCUT2D eigenvalue weighted by molar-refractivity contribution is 0.0697. The molecule has 0 radical (unpaired) electrons. The van der Waals surface area contributed by atoms with Crippen molar-refractivity contribution in [3.05, 3.63) is 72.2 Å². The number of hydrogen-bond acceptors (Lipinski definition) is 5. The van der Waals surface area contributed by atoms with Gasteiger partial charge in [-0.1, -0.05) is 30.3 Å². The maximum atomic E-state index is 11.3. The Labute approximate surface area is 132 Å². The molecule has 0 amide bonds. The van der Waals surface area contributed by atoms with Gasteiger partial charge in [-0.05, 0) is 17.7 Å². The van der Waals surface area contributed by atoms with Crippen molar-refractivity contribution in [1.82, 2.24) is 15.0 Å². The van der Waals surface area contributed by atoms with E-state index in [-0.39, 0.29) is 11.4 Å². The van der Waals surface area contributed by atoms with E-state index in [0.717, 1.165) is 11.1 Å². The molecule has 114 valence electrons. The Bertz CT molecular complexity index is 807. The standard InChI is InChI=1S/C17H14N4O2/c22-17(23)14-11-20-15(13-7-4-8-18-10-13)21-16(14)19-9-12-5-2-1-3-6-12/h1-8,10-11H,9H2,(H,22,23)(H,19,20,21). The zero-order valence-corrected chi connectivity index (χ0v) is 12.2. The second-order valence-corrected chi connectivity index (χ2v) is 4.84. The first-order valence-corrected chi connectivity index (χ1v) is 7.02. The maximum absolute atomic E-state index is 11.3. The molecule has 0 saturated heterocycles. The number of nitrogens with one attached hydrogen (secondary N) is 1. The summed E-state index contributed by atoms with van der Waals surface area (Å²) in [6, 6.07) is 13.3. The van der Waals surface area contributed by atoms with Crippen molar-refractivity contribution in [2.75, 3.05) is 5.32 Å². The van der Waals surface area contributed by atoms with E-state index in [4.69, 9.17) is 0 Å². The highest BCUT2D eigenvalue weighted by Crippen LogP contribution is 2.19. The Balaban J connectivity index is 1.91. The van der Waals surface area contributed by atoms with E-state index in [1.807, 2.05) is 36.4 Å². The van der Waals surface area contributed by atoms with Crippen LogP contribution in [0.25, 0.3) is 11.4 Å². The van der Waals surface area contributed by atoms with Crippen LogP contribution in [-0.2, 0) is 6.54 Å². The quantitative estimate of drug-likeness (QED) is 0.753. The molecule has 6 heteroatoms. The molecule has 2 N–H and O–H groups in total. The van der Waals surface area contributed by atoms with Gasteiger partial charge < -0.3 is 10.4 Å². The van der Waals surface area contributed by atoms with Crippen molar-refractivity contribution >= 4 is 11.8 Å². The first-order chi connectivity index (χ1) is 11.2. The van der Waals surface area contributed by atoms with E-state index in [9.17, 15) is 9.90 Å². The predicted octanol–water partition coefficient (Wildman–Crippen LogP) is 2.85. The fourth-order valence-corrected chi connectivity index (χ4v) is 2.09. The zero-order valence-electron chi connectivity index (χ0n) is 12.2. The molecule has 2 aromatic heterocycles. The number of carboxylic acid groups (broad SMARTS) is 1. The highest BCUT2D eigenvalue weighted by Gasteiger charge is 2.14. The van der Waals surface area contributed by atoms with Crippen molar-refractivity contribution in [2.45, 2.75) is 6.54 Å². The number of carboxylic acids is 1. The van der Waals surface area contributed by atoms with Gasteiger partial charge in [-0.25, -0.2) is 14.8 Å². The van der Waals surface area contributed by atoms with E-state index >= 15 is 0 Å². The van der Waals surface area contributed by atoms with Crippen molar-refractivity contribution in [3.63, 3.8) is 0 Å². The monoisotopic (exact) mass is 306 g/mol. The normalized spacial score (nSPS) is 10.3. The molecule has 2 heterocycles. The number of anilines is 1. The fourth-order valence-electron chi connectivity index (χ4n) is 2.09. The van der Waals surface area contributed by atoms with Crippen molar-refractivity contribution in [2.24, 2.45) is 0 Å². The molecule has 0 unspecified atom stereocenters. The van der Waals surface area contributed by atoms with Crippen LogP contribution >= 0.6 is 0 Å². The number of nitrogens with zero attached hydrogens (tertiary/aromatic N) is 3. The van der Waals surface area contributed by atoms with Crippen LogP contribution in [0.3, 0.4) is 0 Å². The molecule has 1 aromatic carbocycles. The number of hydrogen-bond donors (Lipinski definition) is 2. The summed E-state index contributed by atoms with van der Waals surface area (Å²) in [6.45, 7) is 0.477. The molecular weight excluding hydrogens is 292 g/mol. The summed E-state index contributed by atoms with van der Waals surface area (Å²) in [5, 5.41) is 12.4. The summed E-state index contributed by atoms with van der Waals surface area (Å²) in [6.07, 6.45) is 4.60. The molecule has 0 aliphatic heterocycles. The second-order valence-electron chi connectivity index (χ2n) is 4.84. The van der Waals surface area contributed by atoms with Crippen LogP contribution in [0, 0.1) is 0 Å². The third kappa shape index (κ3) is 3.49. The molecule has 0 aliphatic rings. The van der Waals surface area contributed by atoms with Crippen LogP contribution in [0.1, 0.15) is 15.9 Å². The molecule has 0 fully saturated rings. The highest BCUT2D eigenvalue weighted by atomic mass is 16.4. The number of aromatic carboxylic acids is 1. The first kappa shape index (κ1) is 14.6. The summed E-state index contributed by atoms with van der Waals surface area (Å²) in [5.41, 5.74) is 1.80. The van der Waals surface area contributed by atoms with Crippen LogP contribution in [0.4, 0.5) is 5.82 Å². The summed E-state index contributed by atoms with van der Waals surface area (Å²) >= 11 is 0. The Kier molecular flexibility index (Phi) is 4.24. The molecule has 0 saturated carbocycles. The zero-order chi connectivity index (χ0) is 16.1. The van der Waals surface area contributed by atoms with E-state index < -0.39 is 5.97 Å². The minimum Gasteiger partial charge on any atom is -0.477 e. The van der Waals surface area contributed by atoms with Crippen LogP contribution in [0.5, 0.6) is 0 Å². The van der Waals surface area contributed by atoms with Gasteiger partial charge in [-0.3, -0.25) is 4.98 Å². The lowest BCUT2D eigenvalue weighted by Gasteiger charge is -2.10. The van der Waals surface area contributed by atoms with Crippen LogP contribution in [0.2, 0.25) is 0 Å². The molecule has 3 rings (SSSR count). The molecule has 0 aliphatic carbocycles. The third-order valence-corrected chi connectivity index (χ3v) is 3.24. The largest absolute Gasteiger partial charge is 0.477 e. The molecule has 3 aromatic rings. The van der Waals surface area contributed by atoms with Crippen molar-refractivity contribution in [3.8, 4) is 11.4 Å². The second kappa shape index (κ2) is 6.65. The number of aromatic nitrogens is 3. The Morgan fingerprint density at radius 2 is 1.91 bits per heavy atom. The van der Waals surface area contributed by atoms with Gasteiger partial charge in [0, 0.05) is 30.7 Å². The summed E-state index contributed by atoms with van der Waals surface area (Å²) in [4.78, 5) is 23.8. The molecule has 6 nitrogen and oxygen atoms in total. The summed E-state index contributed by atoms with van der Waals surface area (Å²) < 4.78 is 0. The van der Waals surface area contributed by atoms with Gasteiger partial charge in [0.05, 0.1) is 0 Å². The minimum absolute atomic E-state index is 0.0357. The van der Waals surface area contributed by atoms with E-state index in [1.165, 1.54) is 6.20 Å². The highest BCUT2D eigenvalue weighted by molar-refractivity contribution is 5.93. The van der Waals surface area contributed by atoms with Crippen LogP contribution in [-0.4, -0.2) is 26.0 Å². The van der Waals surface area contributed by atoms with E-state index in [1.54, 1.807) is 18.5 Å². The Hall–Kier alpha value is -3.28. The smallest absolute Gasteiger partial charge is 0.341 e. The lowest BCUT2D eigenvalue weighted by Crippen LogP contribution is -2.10. The SMILES string of the molecule is O=C(O)c1cnc(-c2cccnc2)nc1NCc1ccccc1. The fraction of sp³-hybridized carbons (Fsp3) is 0.0588. The van der Waals surface area contributed by atoms with E-state index in [2.05, 4.69) is 20.3 Å². The number of benzene rings is 1.